The maximum Gasteiger partial charge on any atom is 0.342 e. The van der Waals surface area contributed by atoms with E-state index in [4.69, 9.17) is 19.7 Å². The number of rotatable bonds is 13. The van der Waals surface area contributed by atoms with Crippen LogP contribution in [0.4, 0.5) is 0 Å². The summed E-state index contributed by atoms with van der Waals surface area (Å²) in [5, 5.41) is 15.9. The largest absolute Gasteiger partial charge is 0.484 e. The zero-order valence-electron chi connectivity index (χ0n) is 24.8. The predicted octanol–water partition coefficient (Wildman–Crippen LogP) is 5.98. The van der Waals surface area contributed by atoms with Crippen molar-refractivity contribution in [3.63, 3.8) is 0 Å². The Morgan fingerprint density at radius 3 is 2.23 bits per heavy atom. The maximum absolute atomic E-state index is 12.7. The minimum Gasteiger partial charge on any atom is -0.484 e. The average molecular weight is 552 g/mol. The lowest BCUT2D eigenvalue weighted by Crippen LogP contribution is -2.30. The maximum atomic E-state index is 12.7. The number of ether oxygens (including phenoxy) is 2. The number of para-hydroxylation sites is 1. The summed E-state index contributed by atoms with van der Waals surface area (Å²) in [7, 11) is 0. The van der Waals surface area contributed by atoms with Crippen LogP contribution < -0.4 is 10.1 Å². The van der Waals surface area contributed by atoms with E-state index in [2.05, 4.69) is 33.0 Å². The van der Waals surface area contributed by atoms with Gasteiger partial charge in [-0.05, 0) is 74.9 Å². The monoisotopic (exact) mass is 551 g/mol. The first kappa shape index (κ1) is 32.6. The first-order chi connectivity index (χ1) is 19.2. The molecule has 8 heteroatoms. The second-order valence-electron chi connectivity index (χ2n) is 10.1. The van der Waals surface area contributed by atoms with Crippen molar-refractivity contribution >= 4 is 11.9 Å². The van der Waals surface area contributed by atoms with Crippen molar-refractivity contribution in [2.45, 2.75) is 60.8 Å². The molecule has 3 aromatic rings. The Morgan fingerprint density at radius 2 is 1.68 bits per heavy atom. The van der Waals surface area contributed by atoms with Gasteiger partial charge >= 0.3 is 5.97 Å². The number of carbonyl (C=O) groups is 2. The Labute approximate surface area is 238 Å². The number of amides is 1. The summed E-state index contributed by atoms with van der Waals surface area (Å²) in [6.45, 7) is 13.4. The van der Waals surface area contributed by atoms with E-state index in [0.717, 1.165) is 24.1 Å². The van der Waals surface area contributed by atoms with Crippen LogP contribution in [0.2, 0.25) is 0 Å². The Bertz CT molecular complexity index is 1170. The van der Waals surface area contributed by atoms with E-state index >= 15 is 0 Å². The van der Waals surface area contributed by atoms with Gasteiger partial charge in [-0.2, -0.15) is 5.10 Å². The fourth-order valence-electron chi connectivity index (χ4n) is 3.81. The highest BCUT2D eigenvalue weighted by molar-refractivity contribution is 5.97. The third-order valence-corrected chi connectivity index (χ3v) is 6.46. The minimum atomic E-state index is -0.412. The van der Waals surface area contributed by atoms with Crippen LogP contribution in [-0.2, 0) is 9.53 Å². The molecule has 0 radical (unpaired) electrons. The number of aliphatic hydroxyl groups excluding tert-OH is 1. The molecule has 0 aliphatic heterocycles. The van der Waals surface area contributed by atoms with Crippen molar-refractivity contribution in [2.75, 3.05) is 26.4 Å². The number of hydrogen-bond donors (Lipinski definition) is 2. The SMILES string of the molecule is CCC(C)CCO.CCOC(=O)c1c(-c2ccc(OCC(=O)NCCC(C)C)cc2)nn(-c2ccccc2)c1C. The Hall–Kier alpha value is -3.65. The van der Waals surface area contributed by atoms with Crippen LogP contribution >= 0.6 is 0 Å². The lowest BCUT2D eigenvalue weighted by atomic mass is 10.1. The Balaban J connectivity index is 0.000000708. The van der Waals surface area contributed by atoms with Gasteiger partial charge in [-0.15, -0.1) is 0 Å². The minimum absolute atomic E-state index is 0.0484. The molecule has 0 aliphatic rings. The zero-order valence-corrected chi connectivity index (χ0v) is 24.8. The lowest BCUT2D eigenvalue weighted by Gasteiger charge is -2.09. The predicted molar refractivity (Wildman–Crippen MR) is 159 cm³/mol. The van der Waals surface area contributed by atoms with Crippen LogP contribution in [0, 0.1) is 18.8 Å². The van der Waals surface area contributed by atoms with Crippen LogP contribution in [-0.4, -0.2) is 53.1 Å². The standard InChI is InChI=1S/C26H31N3O4.C6H14O/c1-5-32-26(31)24-19(4)29(21-9-7-6-8-10-21)28-25(24)20-11-13-22(14-12-20)33-17-23(30)27-16-15-18(2)3;1-3-6(2)4-5-7/h6-14,18H,5,15-17H2,1-4H3,(H,27,30);6-7H,3-5H2,1-2H3. The lowest BCUT2D eigenvalue weighted by molar-refractivity contribution is -0.123. The third-order valence-electron chi connectivity index (χ3n) is 6.46. The first-order valence-corrected chi connectivity index (χ1v) is 14.1. The molecule has 0 fully saturated rings. The summed E-state index contributed by atoms with van der Waals surface area (Å²) >= 11 is 0. The summed E-state index contributed by atoms with van der Waals surface area (Å²) in [6.07, 6.45) is 3.06. The van der Waals surface area contributed by atoms with Crippen molar-refractivity contribution in [1.82, 2.24) is 15.1 Å². The molecule has 0 saturated carbocycles. The zero-order chi connectivity index (χ0) is 29.5. The van der Waals surface area contributed by atoms with Gasteiger partial charge in [-0.25, -0.2) is 9.48 Å². The highest BCUT2D eigenvalue weighted by Gasteiger charge is 2.24. The number of hydrogen-bond acceptors (Lipinski definition) is 6. The third kappa shape index (κ3) is 10.2. The second-order valence-corrected chi connectivity index (χ2v) is 10.1. The molecular weight excluding hydrogens is 506 g/mol. The summed E-state index contributed by atoms with van der Waals surface area (Å²) < 4.78 is 12.6. The molecule has 3 rings (SSSR count). The van der Waals surface area contributed by atoms with E-state index in [-0.39, 0.29) is 19.1 Å². The van der Waals surface area contributed by atoms with Gasteiger partial charge < -0.3 is 19.9 Å². The van der Waals surface area contributed by atoms with Crippen molar-refractivity contribution < 1.29 is 24.2 Å². The molecule has 2 aromatic carbocycles. The summed E-state index contributed by atoms with van der Waals surface area (Å²) in [5.74, 6) is 1.24. The van der Waals surface area contributed by atoms with Crippen LogP contribution in [0.5, 0.6) is 5.75 Å². The van der Waals surface area contributed by atoms with Crippen LogP contribution in [0.25, 0.3) is 16.9 Å². The number of nitrogens with one attached hydrogen (secondary N) is 1. The molecule has 0 saturated heterocycles. The fraction of sp³-hybridized carbons (Fsp3) is 0.469. The molecular formula is C32H45N3O5. The molecule has 8 nitrogen and oxygen atoms in total. The second kappa shape index (κ2) is 17.1. The number of benzene rings is 2. The smallest absolute Gasteiger partial charge is 0.342 e. The quantitative estimate of drug-likeness (QED) is 0.253. The highest BCUT2D eigenvalue weighted by Crippen LogP contribution is 2.29. The van der Waals surface area contributed by atoms with E-state index in [1.54, 1.807) is 23.7 Å². The molecule has 0 bridgehead atoms. The number of nitrogens with zero attached hydrogens (tertiary/aromatic N) is 2. The molecule has 0 aliphatic carbocycles. The van der Waals surface area contributed by atoms with Gasteiger partial charge in [-0.3, -0.25) is 4.79 Å². The molecule has 1 amide bonds. The molecule has 2 N–H and O–H groups in total. The van der Waals surface area contributed by atoms with Gasteiger partial charge in [0.05, 0.1) is 18.0 Å². The van der Waals surface area contributed by atoms with Crippen molar-refractivity contribution in [3.8, 4) is 22.7 Å². The Morgan fingerprint density at radius 1 is 1.00 bits per heavy atom. The van der Waals surface area contributed by atoms with Crippen molar-refractivity contribution in [2.24, 2.45) is 11.8 Å². The normalized spacial score (nSPS) is 11.4. The summed E-state index contributed by atoms with van der Waals surface area (Å²) in [4.78, 5) is 24.7. The number of aromatic nitrogens is 2. The van der Waals surface area contributed by atoms with Crippen molar-refractivity contribution in [3.05, 3.63) is 65.9 Å². The van der Waals surface area contributed by atoms with Crippen molar-refractivity contribution in [1.29, 1.82) is 0 Å². The molecule has 218 valence electrons. The van der Waals surface area contributed by atoms with Crippen LogP contribution in [0.15, 0.2) is 54.6 Å². The van der Waals surface area contributed by atoms with Gasteiger partial charge in [-0.1, -0.05) is 52.3 Å². The average Bonchev–Trinajstić information content (AvgIpc) is 3.30. The topological polar surface area (TPSA) is 103 Å². The van der Waals surface area contributed by atoms with E-state index in [9.17, 15) is 9.59 Å². The van der Waals surface area contributed by atoms with E-state index in [1.807, 2.05) is 49.4 Å². The van der Waals surface area contributed by atoms with Gasteiger partial charge in [0.1, 0.15) is 17.0 Å². The van der Waals surface area contributed by atoms with Gasteiger partial charge in [0.2, 0.25) is 0 Å². The summed E-state index contributed by atoms with van der Waals surface area (Å²) in [6, 6.07) is 16.8. The van der Waals surface area contributed by atoms with E-state index in [0.29, 0.717) is 47.7 Å². The number of carbonyl (C=O) groups excluding carboxylic acids is 2. The first-order valence-electron chi connectivity index (χ1n) is 14.1. The van der Waals surface area contributed by atoms with E-state index in [1.165, 1.54) is 6.42 Å². The van der Waals surface area contributed by atoms with E-state index < -0.39 is 5.97 Å². The highest BCUT2D eigenvalue weighted by atomic mass is 16.5. The molecule has 1 atom stereocenters. The number of aliphatic hydroxyl groups is 1. The molecule has 1 unspecified atom stereocenters. The van der Waals surface area contributed by atoms with Gasteiger partial charge in [0, 0.05) is 18.7 Å². The molecule has 1 aromatic heterocycles. The molecule has 40 heavy (non-hydrogen) atoms. The fourth-order valence-corrected chi connectivity index (χ4v) is 3.81. The van der Waals surface area contributed by atoms with Gasteiger partial charge in [0.15, 0.2) is 6.61 Å². The number of esters is 1. The van der Waals surface area contributed by atoms with Crippen LogP contribution in [0.3, 0.4) is 0 Å². The van der Waals surface area contributed by atoms with Crippen LogP contribution in [0.1, 0.15) is 69.9 Å². The Kier molecular flexibility index (Phi) is 13.9. The van der Waals surface area contributed by atoms with Gasteiger partial charge in [0.25, 0.3) is 5.91 Å². The summed E-state index contributed by atoms with van der Waals surface area (Å²) in [5.41, 5.74) is 3.28. The molecule has 1 heterocycles. The molecule has 0 spiro atoms.